The molecule has 1 aromatic heterocycles. The number of anilines is 1. The number of nitrogens with one attached hydrogen (secondary N) is 1. The Morgan fingerprint density at radius 2 is 1.10 bits per heavy atom. The van der Waals surface area contributed by atoms with Crippen molar-refractivity contribution in [2.75, 3.05) is 124 Å². The normalized spacial score (nSPS) is 11.3. The van der Waals surface area contributed by atoms with E-state index in [0.717, 1.165) is 24.2 Å². The highest BCUT2D eigenvalue weighted by molar-refractivity contribution is 5.98. The Bertz CT molecular complexity index is 1220. The van der Waals surface area contributed by atoms with Gasteiger partial charge in [-0.25, -0.2) is 10.6 Å². The molecule has 0 aliphatic carbocycles. The van der Waals surface area contributed by atoms with Gasteiger partial charge in [-0.3, -0.25) is 15.0 Å². The number of nitrogens with zero attached hydrogens (tertiary/aromatic N) is 1. The lowest BCUT2D eigenvalue weighted by molar-refractivity contribution is -0.122. The minimum absolute atomic E-state index is 0.0686. The van der Waals surface area contributed by atoms with E-state index in [4.69, 9.17) is 48.2 Å². The lowest BCUT2D eigenvalue weighted by Gasteiger charge is -2.20. The molecule has 0 saturated heterocycles. The molecule has 0 aliphatic rings. The van der Waals surface area contributed by atoms with Crippen molar-refractivity contribution < 1.29 is 51.9 Å². The number of benzene rings is 1. The highest BCUT2D eigenvalue weighted by Crippen LogP contribution is 2.22. The standard InChI is InChI=1S/C34H55N3O12/c1-3-37(4-2)29-8-7-28-26-30(34(40)49-32(28)27-29)31(38)6-5-10-41-12-14-43-16-18-45-20-22-47-24-25-48-23-21-46-19-17-44-15-13-42-11-9-33(39)36-35/h7-8,26-27H,3-6,9-25,35H2,1-2H3,(H,36,39). The van der Waals surface area contributed by atoms with Crippen LogP contribution in [-0.2, 0) is 42.7 Å². The van der Waals surface area contributed by atoms with Crippen LogP contribution in [0.5, 0.6) is 0 Å². The van der Waals surface area contributed by atoms with Gasteiger partial charge >= 0.3 is 5.63 Å². The summed E-state index contributed by atoms with van der Waals surface area (Å²) >= 11 is 0. The van der Waals surface area contributed by atoms with Crippen LogP contribution in [0.2, 0.25) is 0 Å². The second-order valence-corrected chi connectivity index (χ2v) is 10.6. The molecule has 3 N–H and O–H groups in total. The Labute approximate surface area is 288 Å². The van der Waals surface area contributed by atoms with Gasteiger partial charge in [-0.15, -0.1) is 0 Å². The summed E-state index contributed by atoms with van der Waals surface area (Å²) in [6.45, 7) is 12.7. The molecule has 0 aliphatic heterocycles. The van der Waals surface area contributed by atoms with Crippen molar-refractivity contribution in [3.8, 4) is 0 Å². The minimum atomic E-state index is -0.614. The Kier molecular flexibility index (Phi) is 23.9. The SMILES string of the molecule is CCN(CC)c1ccc2cc(C(=O)CCCOCCOCCOCCOCCOCCOCCOCCOCCC(=O)NN)c(=O)oc2c1. The zero-order chi connectivity index (χ0) is 35.4. The molecule has 15 nitrogen and oxygen atoms in total. The summed E-state index contributed by atoms with van der Waals surface area (Å²) in [5, 5.41) is 0.723. The van der Waals surface area contributed by atoms with Gasteiger partial charge in [0.2, 0.25) is 5.91 Å². The van der Waals surface area contributed by atoms with Crippen LogP contribution in [0.15, 0.2) is 33.5 Å². The first-order valence-corrected chi connectivity index (χ1v) is 17.0. The fraction of sp³-hybridized carbons (Fsp3) is 0.676. The Morgan fingerprint density at radius 3 is 1.55 bits per heavy atom. The maximum atomic E-state index is 12.6. The van der Waals surface area contributed by atoms with Gasteiger partial charge in [-0.2, -0.15) is 0 Å². The minimum Gasteiger partial charge on any atom is -0.422 e. The van der Waals surface area contributed by atoms with Gasteiger partial charge in [0.05, 0.1) is 106 Å². The quantitative estimate of drug-likeness (QED) is 0.0284. The molecular formula is C34H55N3O12. The summed E-state index contributed by atoms with van der Waals surface area (Å²) in [7, 11) is 0. The third-order valence-electron chi connectivity index (χ3n) is 7.08. The van der Waals surface area contributed by atoms with Crippen LogP contribution in [0.25, 0.3) is 11.0 Å². The Hall–Kier alpha value is -2.99. The van der Waals surface area contributed by atoms with E-state index in [2.05, 4.69) is 18.7 Å². The highest BCUT2D eigenvalue weighted by Gasteiger charge is 2.14. The first kappa shape index (κ1) is 42.2. The van der Waals surface area contributed by atoms with Crippen LogP contribution in [0.3, 0.4) is 0 Å². The van der Waals surface area contributed by atoms with Gasteiger partial charge < -0.3 is 47.2 Å². The lowest BCUT2D eigenvalue weighted by atomic mass is 10.1. The lowest BCUT2D eigenvalue weighted by Crippen LogP contribution is -2.30. The van der Waals surface area contributed by atoms with Crippen molar-refractivity contribution in [1.82, 2.24) is 5.43 Å². The van der Waals surface area contributed by atoms with Gasteiger partial charge in [0.15, 0.2) is 5.78 Å². The number of hydrazine groups is 1. The first-order chi connectivity index (χ1) is 24.0. The molecule has 49 heavy (non-hydrogen) atoms. The zero-order valence-electron chi connectivity index (χ0n) is 29.1. The van der Waals surface area contributed by atoms with E-state index < -0.39 is 5.63 Å². The van der Waals surface area contributed by atoms with Gasteiger partial charge in [0, 0.05) is 43.3 Å². The molecule has 2 aromatic rings. The smallest absolute Gasteiger partial charge is 0.347 e. The van der Waals surface area contributed by atoms with Crippen LogP contribution in [0.1, 0.15) is 43.5 Å². The second-order valence-electron chi connectivity index (χ2n) is 10.6. The van der Waals surface area contributed by atoms with Crippen molar-refractivity contribution >= 4 is 28.3 Å². The van der Waals surface area contributed by atoms with E-state index in [1.165, 1.54) is 0 Å². The molecule has 1 heterocycles. The Balaban J connectivity index is 1.33. The number of rotatable bonds is 32. The van der Waals surface area contributed by atoms with Crippen LogP contribution in [-0.4, -0.2) is 130 Å². The van der Waals surface area contributed by atoms with Crippen LogP contribution >= 0.6 is 0 Å². The van der Waals surface area contributed by atoms with Crippen molar-refractivity contribution in [1.29, 1.82) is 0 Å². The first-order valence-electron chi connectivity index (χ1n) is 17.0. The fourth-order valence-corrected chi connectivity index (χ4v) is 4.43. The van der Waals surface area contributed by atoms with E-state index in [-0.39, 0.29) is 30.1 Å². The summed E-state index contributed by atoms with van der Waals surface area (Å²) in [5.74, 6) is 4.45. The molecule has 0 fully saturated rings. The van der Waals surface area contributed by atoms with E-state index in [1.54, 1.807) is 6.07 Å². The number of amides is 1. The third-order valence-corrected chi connectivity index (χ3v) is 7.08. The molecule has 0 atom stereocenters. The average molecular weight is 698 g/mol. The van der Waals surface area contributed by atoms with Crippen LogP contribution in [0, 0.1) is 0 Å². The number of nitrogens with two attached hydrogens (primary N) is 1. The van der Waals surface area contributed by atoms with Gasteiger partial charge in [-0.1, -0.05) is 0 Å². The molecule has 0 radical (unpaired) electrons. The molecule has 1 amide bonds. The molecular weight excluding hydrogens is 642 g/mol. The summed E-state index contributed by atoms with van der Waals surface area (Å²) in [4.78, 5) is 38.2. The number of fused-ring (bicyclic) bond motifs is 1. The molecule has 0 saturated carbocycles. The van der Waals surface area contributed by atoms with E-state index in [1.807, 2.05) is 23.6 Å². The summed E-state index contributed by atoms with van der Waals surface area (Å²) in [5.41, 5.74) is 2.94. The van der Waals surface area contributed by atoms with Crippen molar-refractivity contribution in [3.63, 3.8) is 0 Å². The summed E-state index contributed by atoms with van der Waals surface area (Å²) < 4.78 is 48.9. The summed E-state index contributed by atoms with van der Waals surface area (Å²) in [6, 6.07) is 7.30. The van der Waals surface area contributed by atoms with Crippen molar-refractivity contribution in [3.05, 3.63) is 40.2 Å². The van der Waals surface area contributed by atoms with Crippen molar-refractivity contribution in [2.24, 2.45) is 5.84 Å². The number of carbonyl (C=O) groups excluding carboxylic acids is 2. The van der Waals surface area contributed by atoms with E-state index >= 15 is 0 Å². The van der Waals surface area contributed by atoms with E-state index in [9.17, 15) is 14.4 Å². The third kappa shape index (κ3) is 19.1. The van der Waals surface area contributed by atoms with Gasteiger partial charge in [-0.05, 0) is 38.5 Å². The number of ether oxygens (including phenoxy) is 8. The Morgan fingerprint density at radius 1 is 0.653 bits per heavy atom. The number of hydrogen-bond donors (Lipinski definition) is 2. The molecule has 2 rings (SSSR count). The molecule has 0 bridgehead atoms. The predicted molar refractivity (Wildman–Crippen MR) is 183 cm³/mol. The number of hydrogen-bond acceptors (Lipinski definition) is 14. The maximum Gasteiger partial charge on any atom is 0.347 e. The highest BCUT2D eigenvalue weighted by atomic mass is 16.6. The zero-order valence-corrected chi connectivity index (χ0v) is 29.1. The average Bonchev–Trinajstić information content (AvgIpc) is 3.11. The molecule has 0 spiro atoms. The monoisotopic (exact) mass is 697 g/mol. The number of ketones is 1. The molecule has 278 valence electrons. The fourth-order valence-electron chi connectivity index (χ4n) is 4.43. The van der Waals surface area contributed by atoms with Gasteiger partial charge in [0.1, 0.15) is 11.1 Å². The van der Waals surface area contributed by atoms with Crippen LogP contribution < -0.4 is 21.8 Å². The summed E-state index contributed by atoms with van der Waals surface area (Å²) in [6.07, 6.45) is 0.911. The van der Waals surface area contributed by atoms with E-state index in [0.29, 0.717) is 118 Å². The number of Topliss-reactive ketones (excluding diaryl/α,β-unsaturated/α-hetero) is 1. The largest absolute Gasteiger partial charge is 0.422 e. The molecule has 15 heteroatoms. The number of carbonyl (C=O) groups is 2. The molecule has 0 unspecified atom stereocenters. The molecule has 1 aromatic carbocycles. The topological polar surface area (TPSA) is 179 Å². The maximum absolute atomic E-state index is 12.6. The second kappa shape index (κ2) is 27.8. The van der Waals surface area contributed by atoms with Gasteiger partial charge in [0.25, 0.3) is 0 Å². The predicted octanol–water partition coefficient (Wildman–Crippen LogP) is 2.11. The van der Waals surface area contributed by atoms with Crippen molar-refractivity contribution in [2.45, 2.75) is 33.1 Å². The van der Waals surface area contributed by atoms with Crippen LogP contribution in [0.4, 0.5) is 5.69 Å².